The molecule has 10 aromatic rings. The normalized spacial score (nSPS) is 11.4. The maximum absolute atomic E-state index is 6.20. The molecule has 2 heterocycles. The second-order valence-electron chi connectivity index (χ2n) is 13.4. The van der Waals surface area contributed by atoms with Crippen LogP contribution in [-0.4, -0.2) is 9.97 Å². The van der Waals surface area contributed by atoms with Crippen molar-refractivity contribution in [1.29, 1.82) is 0 Å². The molecule has 2 aromatic heterocycles. The van der Waals surface area contributed by atoms with Crippen LogP contribution in [0, 0.1) is 0 Å². The molecule has 0 unspecified atom stereocenters. The Morgan fingerprint density at radius 3 is 1.64 bits per heavy atom. The number of furan rings is 1. The number of nitrogens with zero attached hydrogens (tertiary/aromatic N) is 2. The summed E-state index contributed by atoms with van der Waals surface area (Å²) >= 11 is 0. The average molecular weight is 677 g/mol. The Bertz CT molecular complexity index is 2920. The van der Waals surface area contributed by atoms with Crippen molar-refractivity contribution >= 4 is 32.7 Å². The highest BCUT2D eigenvalue weighted by Gasteiger charge is 2.16. The minimum absolute atomic E-state index is 0.691. The molecule has 0 atom stereocenters. The van der Waals surface area contributed by atoms with Gasteiger partial charge >= 0.3 is 0 Å². The predicted octanol–water partition coefficient (Wildman–Crippen LogP) is 13.5. The van der Waals surface area contributed by atoms with Crippen molar-refractivity contribution in [1.82, 2.24) is 9.97 Å². The SMILES string of the molecule is c1ccc(-c2ccc(-c3cc(-c4ccc5oc6ccccc6c5c4)cc(-c4cc(-c5cccc6ccccc56)nc(-c5ccccc5)n4)c3)cc2)cc1. The van der Waals surface area contributed by atoms with Crippen LogP contribution in [0.1, 0.15) is 0 Å². The summed E-state index contributed by atoms with van der Waals surface area (Å²) in [6.45, 7) is 0. The van der Waals surface area contributed by atoms with Crippen molar-refractivity contribution in [2.24, 2.45) is 0 Å². The van der Waals surface area contributed by atoms with Crippen LogP contribution in [0.15, 0.2) is 199 Å². The van der Waals surface area contributed by atoms with Gasteiger partial charge in [0.25, 0.3) is 0 Å². The van der Waals surface area contributed by atoms with Gasteiger partial charge in [0.2, 0.25) is 0 Å². The van der Waals surface area contributed by atoms with E-state index in [2.05, 4.69) is 164 Å². The van der Waals surface area contributed by atoms with Gasteiger partial charge in [-0.25, -0.2) is 9.97 Å². The van der Waals surface area contributed by atoms with Gasteiger partial charge in [-0.15, -0.1) is 0 Å². The molecule has 8 aromatic carbocycles. The van der Waals surface area contributed by atoms with Crippen LogP contribution in [0.3, 0.4) is 0 Å². The lowest BCUT2D eigenvalue weighted by Crippen LogP contribution is -1.97. The Labute approximate surface area is 307 Å². The highest BCUT2D eigenvalue weighted by Crippen LogP contribution is 2.38. The third kappa shape index (κ3) is 5.75. The molecule has 0 bridgehead atoms. The highest BCUT2D eigenvalue weighted by molar-refractivity contribution is 6.06. The molecular formula is C50H32N2O. The van der Waals surface area contributed by atoms with Gasteiger partial charge in [0.05, 0.1) is 11.4 Å². The van der Waals surface area contributed by atoms with E-state index in [1.165, 1.54) is 16.5 Å². The molecule has 0 radical (unpaired) electrons. The maximum Gasteiger partial charge on any atom is 0.160 e. The lowest BCUT2D eigenvalue weighted by molar-refractivity contribution is 0.669. The highest BCUT2D eigenvalue weighted by atomic mass is 16.3. The molecule has 3 heteroatoms. The first-order chi connectivity index (χ1) is 26.2. The van der Waals surface area contributed by atoms with Crippen LogP contribution >= 0.6 is 0 Å². The molecule has 0 aliphatic heterocycles. The van der Waals surface area contributed by atoms with Crippen LogP contribution in [0.2, 0.25) is 0 Å². The second-order valence-corrected chi connectivity index (χ2v) is 13.4. The monoisotopic (exact) mass is 676 g/mol. The van der Waals surface area contributed by atoms with Gasteiger partial charge in [0.1, 0.15) is 11.2 Å². The molecule has 0 aliphatic rings. The minimum Gasteiger partial charge on any atom is -0.456 e. The van der Waals surface area contributed by atoms with Crippen LogP contribution in [-0.2, 0) is 0 Å². The van der Waals surface area contributed by atoms with Crippen molar-refractivity contribution in [2.75, 3.05) is 0 Å². The zero-order valence-corrected chi connectivity index (χ0v) is 28.8. The molecule has 0 amide bonds. The number of hydrogen-bond donors (Lipinski definition) is 0. The molecule has 0 saturated carbocycles. The number of aromatic nitrogens is 2. The molecule has 248 valence electrons. The quantitative estimate of drug-likeness (QED) is 0.176. The van der Waals surface area contributed by atoms with E-state index in [-0.39, 0.29) is 0 Å². The van der Waals surface area contributed by atoms with E-state index in [0.29, 0.717) is 5.82 Å². The Kier molecular flexibility index (Phi) is 7.47. The van der Waals surface area contributed by atoms with Gasteiger partial charge in [-0.3, -0.25) is 0 Å². The fraction of sp³-hybridized carbons (Fsp3) is 0. The smallest absolute Gasteiger partial charge is 0.160 e. The van der Waals surface area contributed by atoms with E-state index in [1.54, 1.807) is 0 Å². The van der Waals surface area contributed by atoms with Crippen LogP contribution < -0.4 is 0 Å². The van der Waals surface area contributed by atoms with Crippen molar-refractivity contribution in [2.45, 2.75) is 0 Å². The van der Waals surface area contributed by atoms with E-state index in [1.807, 2.05) is 30.3 Å². The third-order valence-corrected chi connectivity index (χ3v) is 10.1. The van der Waals surface area contributed by atoms with E-state index >= 15 is 0 Å². The van der Waals surface area contributed by atoms with E-state index in [9.17, 15) is 0 Å². The number of hydrogen-bond acceptors (Lipinski definition) is 3. The molecule has 3 nitrogen and oxygen atoms in total. The number of benzene rings is 8. The summed E-state index contributed by atoms with van der Waals surface area (Å²) in [7, 11) is 0. The number of para-hydroxylation sites is 1. The number of fused-ring (bicyclic) bond motifs is 4. The summed E-state index contributed by atoms with van der Waals surface area (Å²) in [5.41, 5.74) is 13.4. The van der Waals surface area contributed by atoms with Crippen LogP contribution in [0.25, 0.3) is 100.0 Å². The maximum atomic E-state index is 6.20. The summed E-state index contributed by atoms with van der Waals surface area (Å²) in [4.78, 5) is 10.4. The van der Waals surface area contributed by atoms with E-state index < -0.39 is 0 Å². The summed E-state index contributed by atoms with van der Waals surface area (Å²) < 4.78 is 6.20. The Morgan fingerprint density at radius 1 is 0.302 bits per heavy atom. The second kappa shape index (κ2) is 12.9. The number of rotatable bonds is 6. The lowest BCUT2D eigenvalue weighted by atomic mass is 9.93. The molecular weight excluding hydrogens is 645 g/mol. The molecule has 0 N–H and O–H groups in total. The standard InChI is InChI=1S/C50H32N2O/c1-3-12-33(13-4-1)34-22-24-35(25-23-34)39-28-40(38-26-27-49-45(31-38)44-19-9-10-21-48(44)53-49)30-41(29-39)46-32-47(52-50(51-46)37-15-5-2-6-16-37)43-20-11-17-36-14-7-8-18-42(36)43/h1-32H. The zero-order chi connectivity index (χ0) is 35.1. The topological polar surface area (TPSA) is 38.9 Å². The van der Waals surface area contributed by atoms with Crippen molar-refractivity contribution in [3.05, 3.63) is 194 Å². The minimum atomic E-state index is 0.691. The summed E-state index contributed by atoms with van der Waals surface area (Å²) in [5, 5.41) is 4.55. The van der Waals surface area contributed by atoms with Gasteiger partial charge in [-0.1, -0.05) is 152 Å². The molecule has 0 spiro atoms. The largest absolute Gasteiger partial charge is 0.456 e. The Morgan fingerprint density at radius 2 is 0.849 bits per heavy atom. The van der Waals surface area contributed by atoms with E-state index in [0.717, 1.165) is 77.7 Å². The fourth-order valence-electron chi connectivity index (χ4n) is 7.40. The average Bonchev–Trinajstić information content (AvgIpc) is 3.62. The van der Waals surface area contributed by atoms with Crippen molar-refractivity contribution < 1.29 is 4.42 Å². The lowest BCUT2D eigenvalue weighted by Gasteiger charge is -2.14. The van der Waals surface area contributed by atoms with Gasteiger partial charge in [-0.2, -0.15) is 0 Å². The van der Waals surface area contributed by atoms with Crippen LogP contribution in [0.5, 0.6) is 0 Å². The van der Waals surface area contributed by atoms with Crippen molar-refractivity contribution in [3.8, 4) is 67.3 Å². The third-order valence-electron chi connectivity index (χ3n) is 10.1. The van der Waals surface area contributed by atoms with Gasteiger partial charge in [0, 0.05) is 27.5 Å². The summed E-state index contributed by atoms with van der Waals surface area (Å²) in [6, 6.07) is 68.2. The molecule has 53 heavy (non-hydrogen) atoms. The zero-order valence-electron chi connectivity index (χ0n) is 28.8. The molecule has 0 saturated heterocycles. The van der Waals surface area contributed by atoms with Gasteiger partial charge in [-0.05, 0) is 86.6 Å². The van der Waals surface area contributed by atoms with Gasteiger partial charge < -0.3 is 4.42 Å². The van der Waals surface area contributed by atoms with E-state index in [4.69, 9.17) is 14.4 Å². The molecule has 10 rings (SSSR count). The summed E-state index contributed by atoms with van der Waals surface area (Å²) in [6.07, 6.45) is 0. The Hall–Kier alpha value is -7.10. The first-order valence-corrected chi connectivity index (χ1v) is 17.9. The van der Waals surface area contributed by atoms with Crippen molar-refractivity contribution in [3.63, 3.8) is 0 Å². The first-order valence-electron chi connectivity index (χ1n) is 17.9. The summed E-state index contributed by atoms with van der Waals surface area (Å²) in [5.74, 6) is 0.691. The fourth-order valence-corrected chi connectivity index (χ4v) is 7.40. The molecule has 0 aliphatic carbocycles. The predicted molar refractivity (Wildman–Crippen MR) is 219 cm³/mol. The first kappa shape index (κ1) is 30.7. The van der Waals surface area contributed by atoms with Crippen LogP contribution in [0.4, 0.5) is 0 Å². The molecule has 0 fully saturated rings. The Balaban J connectivity index is 1.19. The van der Waals surface area contributed by atoms with Gasteiger partial charge in [0.15, 0.2) is 5.82 Å².